The Bertz CT molecular complexity index is 1130. The number of pyridine rings is 1. The Kier molecular flexibility index (Phi) is 4.66. The number of alkyl halides is 2. The molecule has 4 aromatic heterocycles. The lowest BCUT2D eigenvalue weighted by Gasteiger charge is -2.08. The number of anilines is 1. The fourth-order valence-electron chi connectivity index (χ4n) is 3.11. The highest BCUT2D eigenvalue weighted by Gasteiger charge is 2.16. The first-order chi connectivity index (χ1) is 13.4. The molecule has 0 aliphatic carbocycles. The van der Waals surface area contributed by atoms with Gasteiger partial charge in [-0.1, -0.05) is 13.8 Å². The van der Waals surface area contributed by atoms with E-state index in [1.54, 1.807) is 23.7 Å². The van der Waals surface area contributed by atoms with Crippen molar-refractivity contribution in [2.24, 2.45) is 5.92 Å². The van der Waals surface area contributed by atoms with Gasteiger partial charge in [0.1, 0.15) is 11.3 Å². The maximum Gasteiger partial charge on any atom is 0.256 e. The number of nitrogens with one attached hydrogen (secondary N) is 1. The average molecular weight is 385 g/mol. The molecule has 28 heavy (non-hydrogen) atoms. The van der Waals surface area contributed by atoms with Crippen LogP contribution in [-0.4, -0.2) is 42.1 Å². The SMILES string of the molecule is Cc1nc2ccc(-c3ccn4nc(NCC(C)C)ncc34)nc2n1CC(F)F. The Morgan fingerprint density at radius 2 is 1.96 bits per heavy atom. The first-order valence-electron chi connectivity index (χ1n) is 9.13. The average Bonchev–Trinajstić information content (AvgIpc) is 3.20. The molecule has 7 nitrogen and oxygen atoms in total. The summed E-state index contributed by atoms with van der Waals surface area (Å²) in [5, 5.41) is 7.66. The van der Waals surface area contributed by atoms with Gasteiger partial charge in [0, 0.05) is 18.3 Å². The number of halogens is 2. The van der Waals surface area contributed by atoms with Gasteiger partial charge in [-0.3, -0.25) is 0 Å². The molecule has 4 heterocycles. The maximum absolute atomic E-state index is 12.9. The molecule has 0 fully saturated rings. The van der Waals surface area contributed by atoms with Gasteiger partial charge in [0.2, 0.25) is 5.95 Å². The normalized spacial score (nSPS) is 12.0. The largest absolute Gasteiger partial charge is 0.353 e. The zero-order chi connectivity index (χ0) is 19.8. The summed E-state index contributed by atoms with van der Waals surface area (Å²) in [6, 6.07) is 5.53. The van der Waals surface area contributed by atoms with E-state index in [9.17, 15) is 8.78 Å². The van der Waals surface area contributed by atoms with E-state index >= 15 is 0 Å². The number of imidazole rings is 1. The highest BCUT2D eigenvalue weighted by atomic mass is 19.3. The van der Waals surface area contributed by atoms with Gasteiger partial charge in [0.15, 0.2) is 5.65 Å². The molecule has 0 radical (unpaired) electrons. The molecular weight excluding hydrogens is 364 g/mol. The van der Waals surface area contributed by atoms with Crippen LogP contribution in [0.3, 0.4) is 0 Å². The van der Waals surface area contributed by atoms with Gasteiger partial charge in [-0.15, -0.1) is 5.10 Å². The molecule has 0 unspecified atom stereocenters. The number of nitrogens with zero attached hydrogens (tertiary/aromatic N) is 6. The van der Waals surface area contributed by atoms with Crippen LogP contribution in [-0.2, 0) is 6.54 Å². The van der Waals surface area contributed by atoms with E-state index in [-0.39, 0.29) is 0 Å². The fourth-order valence-corrected chi connectivity index (χ4v) is 3.11. The first kappa shape index (κ1) is 18.3. The lowest BCUT2D eigenvalue weighted by atomic mass is 10.2. The number of aryl methyl sites for hydroxylation is 1. The number of hydrogen-bond acceptors (Lipinski definition) is 5. The van der Waals surface area contributed by atoms with Crippen LogP contribution in [0.15, 0.2) is 30.6 Å². The van der Waals surface area contributed by atoms with Gasteiger partial charge in [-0.2, -0.15) is 0 Å². The second-order valence-electron chi connectivity index (χ2n) is 7.12. The van der Waals surface area contributed by atoms with E-state index in [0.29, 0.717) is 34.5 Å². The van der Waals surface area contributed by atoms with Crippen molar-refractivity contribution in [3.8, 4) is 11.3 Å². The van der Waals surface area contributed by atoms with Crippen molar-refractivity contribution in [2.45, 2.75) is 33.7 Å². The number of hydrogen-bond donors (Lipinski definition) is 1. The van der Waals surface area contributed by atoms with Crippen LogP contribution in [0, 0.1) is 12.8 Å². The van der Waals surface area contributed by atoms with E-state index < -0.39 is 13.0 Å². The van der Waals surface area contributed by atoms with Crippen LogP contribution in [0.25, 0.3) is 27.9 Å². The van der Waals surface area contributed by atoms with Crippen LogP contribution < -0.4 is 5.32 Å². The third kappa shape index (κ3) is 3.39. The topological polar surface area (TPSA) is 72.9 Å². The summed E-state index contributed by atoms with van der Waals surface area (Å²) in [5.74, 6) is 1.56. The number of fused-ring (bicyclic) bond motifs is 2. The molecule has 0 atom stereocenters. The zero-order valence-electron chi connectivity index (χ0n) is 15.9. The Morgan fingerprint density at radius 1 is 1.14 bits per heavy atom. The minimum absolute atomic E-state index is 0.427. The zero-order valence-corrected chi connectivity index (χ0v) is 15.9. The highest BCUT2D eigenvalue weighted by Crippen LogP contribution is 2.26. The Hall–Kier alpha value is -3.10. The molecule has 0 spiro atoms. The minimum Gasteiger partial charge on any atom is -0.353 e. The molecule has 146 valence electrons. The second kappa shape index (κ2) is 7.14. The molecule has 0 saturated heterocycles. The quantitative estimate of drug-likeness (QED) is 0.547. The fraction of sp³-hybridized carbons (Fsp3) is 0.368. The third-order valence-corrected chi connectivity index (χ3v) is 4.46. The van der Waals surface area contributed by atoms with Crippen LogP contribution in [0.5, 0.6) is 0 Å². The molecule has 4 aromatic rings. The maximum atomic E-state index is 12.9. The van der Waals surface area contributed by atoms with Gasteiger partial charge in [-0.05, 0) is 31.0 Å². The van der Waals surface area contributed by atoms with Gasteiger partial charge in [-0.25, -0.2) is 28.2 Å². The van der Waals surface area contributed by atoms with Crippen molar-refractivity contribution in [2.75, 3.05) is 11.9 Å². The van der Waals surface area contributed by atoms with Gasteiger partial charge < -0.3 is 9.88 Å². The Balaban J connectivity index is 1.74. The summed E-state index contributed by atoms with van der Waals surface area (Å²) in [4.78, 5) is 13.3. The predicted octanol–water partition coefficient (Wildman–Crippen LogP) is 3.78. The molecule has 1 N–H and O–H groups in total. The molecule has 9 heteroatoms. The molecular formula is C19H21F2N7. The van der Waals surface area contributed by atoms with Crippen molar-refractivity contribution >= 4 is 22.6 Å². The first-order valence-corrected chi connectivity index (χ1v) is 9.13. The third-order valence-electron chi connectivity index (χ3n) is 4.46. The Labute approximate surface area is 160 Å². The molecule has 0 aliphatic rings. The van der Waals surface area contributed by atoms with Crippen molar-refractivity contribution in [1.29, 1.82) is 0 Å². The minimum atomic E-state index is -2.47. The van der Waals surface area contributed by atoms with Crippen LogP contribution in [0.4, 0.5) is 14.7 Å². The Morgan fingerprint density at radius 3 is 2.71 bits per heavy atom. The smallest absolute Gasteiger partial charge is 0.256 e. The van der Waals surface area contributed by atoms with Crippen molar-refractivity contribution in [3.63, 3.8) is 0 Å². The molecule has 4 rings (SSSR count). The summed E-state index contributed by atoms with van der Waals surface area (Å²) in [5.41, 5.74) is 3.34. The molecule has 0 aromatic carbocycles. The lowest BCUT2D eigenvalue weighted by Crippen LogP contribution is -2.11. The van der Waals surface area contributed by atoms with Gasteiger partial charge in [0.25, 0.3) is 6.43 Å². The van der Waals surface area contributed by atoms with Gasteiger partial charge >= 0.3 is 0 Å². The lowest BCUT2D eigenvalue weighted by molar-refractivity contribution is 0.127. The molecule has 0 amide bonds. The second-order valence-corrected chi connectivity index (χ2v) is 7.12. The number of rotatable bonds is 6. The summed E-state index contributed by atoms with van der Waals surface area (Å²) in [6.45, 7) is 6.29. The van der Waals surface area contributed by atoms with Crippen LogP contribution in [0.2, 0.25) is 0 Å². The van der Waals surface area contributed by atoms with Crippen LogP contribution >= 0.6 is 0 Å². The van der Waals surface area contributed by atoms with Crippen molar-refractivity contribution < 1.29 is 8.78 Å². The molecule has 0 saturated carbocycles. The highest BCUT2D eigenvalue weighted by molar-refractivity contribution is 5.82. The number of aromatic nitrogens is 6. The van der Waals surface area contributed by atoms with E-state index in [4.69, 9.17) is 0 Å². The summed E-state index contributed by atoms with van der Waals surface area (Å²) in [6.07, 6.45) is 1.10. The molecule has 0 bridgehead atoms. The van der Waals surface area contributed by atoms with E-state index in [1.807, 2.05) is 18.3 Å². The summed E-state index contributed by atoms with van der Waals surface area (Å²) >= 11 is 0. The summed E-state index contributed by atoms with van der Waals surface area (Å²) in [7, 11) is 0. The standard InChI is InChI=1S/C19H21F2N7/c1-11(2)8-22-19-23-9-16-13(6-7-28(16)26-19)14-4-5-15-18(25-14)27(10-17(20)21)12(3)24-15/h4-7,9,11,17H,8,10H2,1-3H3,(H,22,26). The van der Waals surface area contributed by atoms with Crippen molar-refractivity contribution in [3.05, 3.63) is 36.4 Å². The van der Waals surface area contributed by atoms with Crippen LogP contribution in [0.1, 0.15) is 19.7 Å². The monoisotopic (exact) mass is 385 g/mol. The van der Waals surface area contributed by atoms with E-state index in [2.05, 4.69) is 39.2 Å². The van der Waals surface area contributed by atoms with E-state index in [1.165, 1.54) is 4.57 Å². The summed E-state index contributed by atoms with van der Waals surface area (Å²) < 4.78 is 29.1. The van der Waals surface area contributed by atoms with Gasteiger partial charge in [0.05, 0.1) is 24.0 Å². The van der Waals surface area contributed by atoms with Crippen molar-refractivity contribution in [1.82, 2.24) is 29.1 Å². The predicted molar refractivity (Wildman–Crippen MR) is 104 cm³/mol. The van der Waals surface area contributed by atoms with E-state index in [0.717, 1.165) is 17.6 Å². The molecule has 0 aliphatic heterocycles.